The van der Waals surface area contributed by atoms with Gasteiger partial charge in [0.25, 0.3) is 5.56 Å². The van der Waals surface area contributed by atoms with Gasteiger partial charge in [0.05, 0.1) is 29.2 Å². The molecule has 1 aliphatic rings. The van der Waals surface area contributed by atoms with Gasteiger partial charge in [-0.25, -0.2) is 4.98 Å². The van der Waals surface area contributed by atoms with Gasteiger partial charge in [0, 0.05) is 4.88 Å². The first-order valence-electron chi connectivity index (χ1n) is 9.46. The van der Waals surface area contributed by atoms with Gasteiger partial charge in [-0.3, -0.25) is 9.59 Å². The lowest BCUT2D eigenvalue weighted by Crippen LogP contribution is -2.24. The van der Waals surface area contributed by atoms with Crippen molar-refractivity contribution in [2.24, 2.45) is 5.92 Å². The van der Waals surface area contributed by atoms with E-state index in [2.05, 4.69) is 17.2 Å². The molecule has 0 radical (unpaired) electrons. The van der Waals surface area contributed by atoms with Gasteiger partial charge in [0.2, 0.25) is 5.91 Å². The topological polar surface area (TPSA) is 88.0 Å². The monoisotopic (exact) mass is 417 g/mol. The van der Waals surface area contributed by atoms with Crippen LogP contribution in [0.15, 0.2) is 27.6 Å². The number of aromatic amines is 1. The van der Waals surface area contributed by atoms with E-state index in [1.165, 1.54) is 22.2 Å². The van der Waals surface area contributed by atoms with Crippen molar-refractivity contribution in [2.75, 3.05) is 5.75 Å². The Morgan fingerprint density at radius 1 is 1.54 bits per heavy atom. The number of nitrogens with zero attached hydrogens (tertiary/aromatic N) is 1. The largest absolute Gasteiger partial charge is 0.467 e. The van der Waals surface area contributed by atoms with Crippen LogP contribution in [-0.4, -0.2) is 21.6 Å². The third-order valence-electron chi connectivity index (χ3n) is 5.07. The summed E-state index contributed by atoms with van der Waals surface area (Å²) in [6, 6.07) is 3.61. The van der Waals surface area contributed by atoms with E-state index in [-0.39, 0.29) is 16.7 Å². The predicted octanol–water partition coefficient (Wildman–Crippen LogP) is 3.81. The first-order valence-corrected chi connectivity index (χ1v) is 11.3. The number of thiophene rings is 1. The molecule has 0 saturated carbocycles. The number of carbonyl (C=O) groups is 1. The van der Waals surface area contributed by atoms with Crippen molar-refractivity contribution in [2.45, 2.75) is 44.9 Å². The second-order valence-electron chi connectivity index (χ2n) is 7.29. The van der Waals surface area contributed by atoms with Gasteiger partial charge in [-0.2, -0.15) is 0 Å². The Bertz CT molecular complexity index is 1040. The Kier molecular flexibility index (Phi) is 5.59. The highest BCUT2D eigenvalue weighted by Crippen LogP contribution is 2.36. The van der Waals surface area contributed by atoms with Gasteiger partial charge in [0.1, 0.15) is 16.4 Å². The minimum absolute atomic E-state index is 0.0539. The number of furan rings is 1. The summed E-state index contributed by atoms with van der Waals surface area (Å²) in [5.41, 5.74) is 1.14. The molecular weight excluding hydrogens is 394 g/mol. The first kappa shape index (κ1) is 19.3. The normalized spacial score (nSPS) is 17.4. The lowest BCUT2D eigenvalue weighted by Gasteiger charge is -2.17. The second kappa shape index (κ2) is 8.13. The quantitative estimate of drug-likeness (QED) is 0.637. The highest BCUT2D eigenvalue weighted by atomic mass is 32.2. The van der Waals surface area contributed by atoms with Crippen molar-refractivity contribution in [1.29, 1.82) is 0 Å². The Balaban J connectivity index is 1.43. The van der Waals surface area contributed by atoms with Crippen LogP contribution in [0.2, 0.25) is 0 Å². The number of aryl methyl sites for hydroxylation is 1. The highest BCUT2D eigenvalue weighted by molar-refractivity contribution is 8.00. The lowest BCUT2D eigenvalue weighted by molar-refractivity contribution is -0.118. The van der Waals surface area contributed by atoms with E-state index in [0.29, 0.717) is 24.0 Å². The summed E-state index contributed by atoms with van der Waals surface area (Å²) in [6.45, 7) is 4.59. The van der Waals surface area contributed by atoms with Crippen LogP contribution >= 0.6 is 23.1 Å². The molecule has 6 nitrogen and oxygen atoms in total. The molecule has 4 rings (SSSR count). The molecule has 3 aromatic rings. The van der Waals surface area contributed by atoms with Gasteiger partial charge >= 0.3 is 0 Å². The van der Waals surface area contributed by atoms with E-state index in [4.69, 9.17) is 9.40 Å². The van der Waals surface area contributed by atoms with Gasteiger partial charge in [-0.05, 0) is 49.8 Å². The van der Waals surface area contributed by atoms with Crippen molar-refractivity contribution in [3.05, 3.63) is 50.8 Å². The molecule has 3 heterocycles. The third kappa shape index (κ3) is 4.03. The summed E-state index contributed by atoms with van der Waals surface area (Å²) in [4.78, 5) is 34.6. The average Bonchev–Trinajstić information content (AvgIpc) is 3.31. The molecule has 28 heavy (non-hydrogen) atoms. The molecule has 0 aliphatic heterocycles. The van der Waals surface area contributed by atoms with E-state index in [0.717, 1.165) is 35.2 Å². The van der Waals surface area contributed by atoms with Crippen LogP contribution in [0, 0.1) is 5.92 Å². The van der Waals surface area contributed by atoms with Crippen LogP contribution in [0.4, 0.5) is 0 Å². The van der Waals surface area contributed by atoms with Crippen LogP contribution in [0.25, 0.3) is 10.2 Å². The summed E-state index contributed by atoms with van der Waals surface area (Å²) in [6.07, 6.45) is 4.70. The zero-order chi connectivity index (χ0) is 19.7. The van der Waals surface area contributed by atoms with Gasteiger partial charge in [-0.1, -0.05) is 6.92 Å². The van der Waals surface area contributed by atoms with Gasteiger partial charge in [0.15, 0.2) is 0 Å². The Morgan fingerprint density at radius 3 is 3.18 bits per heavy atom. The fourth-order valence-corrected chi connectivity index (χ4v) is 5.65. The molecule has 3 aromatic heterocycles. The number of hydrogen-bond acceptors (Lipinski definition) is 6. The van der Waals surface area contributed by atoms with Crippen molar-refractivity contribution in [3.63, 3.8) is 0 Å². The number of fused-ring (bicyclic) bond motifs is 3. The Morgan fingerprint density at radius 2 is 2.39 bits per heavy atom. The molecule has 2 atom stereocenters. The SMILES string of the molecule is C[C@@H]1CCc2c(sc3nc([C@@H](C)SCC(=O)NCc4ccco4)[nH]c(=O)c23)C1. The molecule has 148 valence electrons. The number of amides is 1. The van der Waals surface area contributed by atoms with E-state index >= 15 is 0 Å². The maximum Gasteiger partial charge on any atom is 0.259 e. The molecule has 0 bridgehead atoms. The number of aromatic nitrogens is 2. The van der Waals surface area contributed by atoms with Crippen molar-refractivity contribution in [3.8, 4) is 0 Å². The molecule has 1 aliphatic carbocycles. The predicted molar refractivity (Wildman–Crippen MR) is 113 cm³/mol. The van der Waals surface area contributed by atoms with E-state index < -0.39 is 0 Å². The Hall–Kier alpha value is -2.06. The summed E-state index contributed by atoms with van der Waals surface area (Å²) < 4.78 is 5.20. The van der Waals surface area contributed by atoms with Crippen LogP contribution in [0.5, 0.6) is 0 Å². The summed E-state index contributed by atoms with van der Waals surface area (Å²) in [7, 11) is 0. The van der Waals surface area contributed by atoms with E-state index in [1.807, 2.05) is 13.0 Å². The van der Waals surface area contributed by atoms with Crippen LogP contribution < -0.4 is 10.9 Å². The molecule has 0 fully saturated rings. The highest BCUT2D eigenvalue weighted by Gasteiger charge is 2.24. The number of rotatable bonds is 6. The molecule has 0 saturated heterocycles. The van der Waals surface area contributed by atoms with Crippen LogP contribution in [-0.2, 0) is 24.2 Å². The molecular formula is C20H23N3O3S2. The number of nitrogens with one attached hydrogen (secondary N) is 2. The molecule has 0 spiro atoms. The van der Waals surface area contributed by atoms with E-state index in [1.54, 1.807) is 23.7 Å². The molecule has 0 unspecified atom stereocenters. The number of H-pyrrole nitrogens is 1. The molecule has 0 aromatic carbocycles. The minimum atomic E-state index is -0.0792. The standard InChI is InChI=1S/C20H23N3O3S2/c1-11-5-6-14-15(8-11)28-20-17(14)19(25)22-18(23-20)12(2)27-10-16(24)21-9-13-4-3-7-26-13/h3-4,7,11-12H,5-6,8-10H2,1-2H3,(H,21,24)(H,22,23,25)/t11-,12-/m1/s1. The number of thioether (sulfide) groups is 1. The van der Waals surface area contributed by atoms with Crippen molar-refractivity contribution < 1.29 is 9.21 Å². The summed E-state index contributed by atoms with van der Waals surface area (Å²) in [5, 5.41) is 3.51. The third-order valence-corrected chi connectivity index (χ3v) is 7.37. The maximum absolute atomic E-state index is 12.7. The zero-order valence-electron chi connectivity index (χ0n) is 15.9. The molecule has 8 heteroatoms. The van der Waals surface area contributed by atoms with E-state index in [9.17, 15) is 9.59 Å². The Labute approximate surface area is 171 Å². The fourth-order valence-electron chi connectivity index (χ4n) is 3.49. The lowest BCUT2D eigenvalue weighted by atomic mass is 9.89. The second-order valence-corrected chi connectivity index (χ2v) is 9.71. The van der Waals surface area contributed by atoms with Gasteiger partial charge in [-0.15, -0.1) is 23.1 Å². The smallest absolute Gasteiger partial charge is 0.259 e. The molecule has 1 amide bonds. The fraction of sp³-hybridized carbons (Fsp3) is 0.450. The van der Waals surface area contributed by atoms with Gasteiger partial charge < -0.3 is 14.7 Å². The van der Waals surface area contributed by atoms with Crippen LogP contribution in [0.3, 0.4) is 0 Å². The maximum atomic E-state index is 12.7. The van der Waals surface area contributed by atoms with Crippen LogP contribution in [0.1, 0.15) is 47.5 Å². The minimum Gasteiger partial charge on any atom is -0.467 e. The van der Waals surface area contributed by atoms with Crippen molar-refractivity contribution >= 4 is 39.2 Å². The molecule has 2 N–H and O–H groups in total. The number of hydrogen-bond donors (Lipinski definition) is 2. The summed E-state index contributed by atoms with van der Waals surface area (Å²) in [5.74, 6) is 2.24. The van der Waals surface area contributed by atoms with Crippen molar-refractivity contribution in [1.82, 2.24) is 15.3 Å². The zero-order valence-corrected chi connectivity index (χ0v) is 17.5. The summed E-state index contributed by atoms with van der Waals surface area (Å²) >= 11 is 3.11. The average molecular weight is 418 g/mol. The first-order chi connectivity index (χ1) is 13.5. The number of carbonyl (C=O) groups excluding carboxylic acids is 1.